The van der Waals surface area contributed by atoms with Crippen molar-refractivity contribution < 1.29 is 4.79 Å². The molecule has 6 heteroatoms. The average molecular weight is 259 g/mol. The van der Waals surface area contributed by atoms with Gasteiger partial charge in [-0.05, 0) is 24.8 Å². The van der Waals surface area contributed by atoms with Gasteiger partial charge in [0.05, 0.1) is 5.39 Å². The first-order valence-electron chi connectivity index (χ1n) is 6.51. The number of carbonyl (C=O) groups excluding carboxylic acids is 1. The molecule has 0 atom stereocenters. The molecule has 2 heterocycles. The number of aryl methyl sites for hydroxylation is 1. The number of nitrogens with zero attached hydrogens (tertiary/aromatic N) is 3. The van der Waals surface area contributed by atoms with Gasteiger partial charge in [-0.25, -0.2) is 9.97 Å². The highest BCUT2D eigenvalue weighted by Gasteiger charge is 2.35. The zero-order valence-electron chi connectivity index (χ0n) is 10.8. The predicted octanol–water partition coefficient (Wildman–Crippen LogP) is 1.01. The number of primary amides is 1. The highest BCUT2D eigenvalue weighted by Crippen LogP contribution is 2.40. The summed E-state index contributed by atoms with van der Waals surface area (Å²) in [5, 5.41) is 0.938. The minimum Gasteiger partial charge on any atom is -0.383 e. The molecule has 19 heavy (non-hydrogen) atoms. The summed E-state index contributed by atoms with van der Waals surface area (Å²) in [6, 6.07) is 0.287. The third-order valence-corrected chi connectivity index (χ3v) is 4.01. The van der Waals surface area contributed by atoms with Crippen LogP contribution in [0.1, 0.15) is 31.4 Å². The Morgan fingerprint density at radius 1 is 1.47 bits per heavy atom. The van der Waals surface area contributed by atoms with E-state index in [9.17, 15) is 4.79 Å². The number of rotatable bonds is 3. The molecule has 100 valence electrons. The number of amides is 1. The van der Waals surface area contributed by atoms with E-state index in [4.69, 9.17) is 11.5 Å². The summed E-state index contributed by atoms with van der Waals surface area (Å²) in [7, 11) is 0. The van der Waals surface area contributed by atoms with Gasteiger partial charge in [-0.15, -0.1) is 0 Å². The number of anilines is 1. The lowest BCUT2D eigenvalue weighted by atomic mass is 9.79. The van der Waals surface area contributed by atoms with Crippen LogP contribution in [0.25, 0.3) is 11.0 Å². The van der Waals surface area contributed by atoms with Crippen molar-refractivity contribution in [3.05, 3.63) is 18.1 Å². The summed E-state index contributed by atoms with van der Waals surface area (Å²) in [5.74, 6) is 0.302. The Bertz CT molecular complexity index is 642. The van der Waals surface area contributed by atoms with E-state index in [-0.39, 0.29) is 17.9 Å². The topological polar surface area (TPSA) is 99.8 Å². The van der Waals surface area contributed by atoms with Crippen LogP contribution in [0, 0.1) is 5.92 Å². The number of carbonyl (C=O) groups is 1. The van der Waals surface area contributed by atoms with E-state index in [1.165, 1.54) is 6.33 Å². The standard InChI is InChI=1S/C13H17N5O/c1-2-7-5-18(9-3-8(4-9)12(15)19)13-10(7)11(14)16-6-17-13/h5-6,8-9H,2-4H2,1H3,(H2,15,19)(H2,14,16,17). The second-order valence-corrected chi connectivity index (χ2v) is 5.10. The molecule has 0 aromatic carbocycles. The van der Waals surface area contributed by atoms with E-state index in [1.54, 1.807) is 0 Å². The molecule has 0 radical (unpaired) electrons. The zero-order chi connectivity index (χ0) is 13.6. The molecule has 1 aliphatic carbocycles. The van der Waals surface area contributed by atoms with Crippen LogP contribution in [0.15, 0.2) is 12.5 Å². The van der Waals surface area contributed by atoms with Gasteiger partial charge in [0.25, 0.3) is 0 Å². The molecule has 4 N–H and O–H groups in total. The molecule has 1 saturated carbocycles. The fraction of sp³-hybridized carbons (Fsp3) is 0.462. The molecule has 1 amide bonds. The van der Waals surface area contributed by atoms with Crippen LogP contribution in [0.2, 0.25) is 0 Å². The van der Waals surface area contributed by atoms with Crippen molar-refractivity contribution >= 4 is 22.8 Å². The van der Waals surface area contributed by atoms with Crippen LogP contribution < -0.4 is 11.5 Å². The van der Waals surface area contributed by atoms with Crippen molar-refractivity contribution in [2.24, 2.45) is 11.7 Å². The summed E-state index contributed by atoms with van der Waals surface area (Å²) in [4.78, 5) is 19.5. The first kappa shape index (κ1) is 12.0. The van der Waals surface area contributed by atoms with E-state index in [1.807, 2.05) is 0 Å². The van der Waals surface area contributed by atoms with Crippen LogP contribution in [0.5, 0.6) is 0 Å². The average Bonchev–Trinajstić information content (AvgIpc) is 2.67. The van der Waals surface area contributed by atoms with Crippen molar-refractivity contribution in [3.8, 4) is 0 Å². The Morgan fingerprint density at radius 3 is 2.84 bits per heavy atom. The number of nitrogens with two attached hydrogens (primary N) is 2. The molecule has 2 aromatic heterocycles. The van der Waals surface area contributed by atoms with Crippen LogP contribution in [0.3, 0.4) is 0 Å². The van der Waals surface area contributed by atoms with Gasteiger partial charge in [0, 0.05) is 18.2 Å². The van der Waals surface area contributed by atoms with Gasteiger partial charge in [-0.2, -0.15) is 0 Å². The van der Waals surface area contributed by atoms with Crippen molar-refractivity contribution in [1.29, 1.82) is 0 Å². The van der Waals surface area contributed by atoms with Gasteiger partial charge in [0.15, 0.2) is 0 Å². The van der Waals surface area contributed by atoms with Gasteiger partial charge in [-0.3, -0.25) is 4.79 Å². The van der Waals surface area contributed by atoms with Gasteiger partial charge >= 0.3 is 0 Å². The summed E-state index contributed by atoms with van der Waals surface area (Å²) < 4.78 is 2.12. The maximum Gasteiger partial charge on any atom is 0.220 e. The van der Waals surface area contributed by atoms with Crippen LogP contribution >= 0.6 is 0 Å². The van der Waals surface area contributed by atoms with Gasteiger partial charge < -0.3 is 16.0 Å². The third-order valence-electron chi connectivity index (χ3n) is 4.01. The van der Waals surface area contributed by atoms with Crippen molar-refractivity contribution in [2.75, 3.05) is 5.73 Å². The molecule has 6 nitrogen and oxygen atoms in total. The monoisotopic (exact) mass is 259 g/mol. The van der Waals surface area contributed by atoms with Crippen LogP contribution in [-0.2, 0) is 11.2 Å². The Morgan fingerprint density at radius 2 is 2.21 bits per heavy atom. The second-order valence-electron chi connectivity index (χ2n) is 5.10. The van der Waals surface area contributed by atoms with Crippen LogP contribution in [-0.4, -0.2) is 20.4 Å². The van der Waals surface area contributed by atoms with E-state index in [0.29, 0.717) is 5.82 Å². The van der Waals surface area contributed by atoms with Crippen molar-refractivity contribution in [1.82, 2.24) is 14.5 Å². The lowest BCUT2D eigenvalue weighted by Gasteiger charge is -2.34. The lowest BCUT2D eigenvalue weighted by Crippen LogP contribution is -2.36. The molecule has 0 aliphatic heterocycles. The molecular weight excluding hydrogens is 242 g/mol. The minimum atomic E-state index is -0.211. The molecule has 2 aromatic rings. The zero-order valence-corrected chi connectivity index (χ0v) is 10.8. The molecule has 0 spiro atoms. The molecule has 3 rings (SSSR count). The molecule has 0 bridgehead atoms. The molecule has 1 fully saturated rings. The number of aromatic nitrogens is 3. The normalized spacial score (nSPS) is 22.4. The van der Waals surface area contributed by atoms with E-state index < -0.39 is 0 Å². The second kappa shape index (κ2) is 4.22. The molecular formula is C13H17N5O. The molecule has 1 aliphatic rings. The highest BCUT2D eigenvalue weighted by molar-refractivity contribution is 5.90. The fourth-order valence-corrected chi connectivity index (χ4v) is 2.78. The van der Waals surface area contributed by atoms with Gasteiger partial charge in [-0.1, -0.05) is 6.92 Å². The number of fused-ring (bicyclic) bond motifs is 1. The Kier molecular flexibility index (Phi) is 2.66. The lowest BCUT2D eigenvalue weighted by molar-refractivity contribution is -0.125. The third kappa shape index (κ3) is 1.75. The Hall–Kier alpha value is -2.11. The molecule has 0 saturated heterocycles. The minimum absolute atomic E-state index is 0.00768. The van der Waals surface area contributed by atoms with Crippen molar-refractivity contribution in [2.45, 2.75) is 32.2 Å². The summed E-state index contributed by atoms with van der Waals surface area (Å²) in [6.07, 6.45) is 6.01. The Balaban J connectivity index is 2.02. The first-order chi connectivity index (χ1) is 9.11. The SMILES string of the molecule is CCc1cn(C2CC(C(N)=O)C2)c2ncnc(N)c12. The van der Waals surface area contributed by atoms with Gasteiger partial charge in [0.2, 0.25) is 5.91 Å². The summed E-state index contributed by atoms with van der Waals surface area (Å²) in [5.41, 5.74) is 13.3. The van der Waals surface area contributed by atoms with Crippen LogP contribution in [0.4, 0.5) is 5.82 Å². The Labute approximate surface area is 110 Å². The van der Waals surface area contributed by atoms with Gasteiger partial charge in [0.1, 0.15) is 17.8 Å². The molecule has 0 unspecified atom stereocenters. The highest BCUT2D eigenvalue weighted by atomic mass is 16.1. The fourth-order valence-electron chi connectivity index (χ4n) is 2.78. The first-order valence-corrected chi connectivity index (χ1v) is 6.51. The quantitative estimate of drug-likeness (QED) is 0.859. The predicted molar refractivity (Wildman–Crippen MR) is 72.3 cm³/mol. The van der Waals surface area contributed by atoms with E-state index in [0.717, 1.165) is 35.9 Å². The largest absolute Gasteiger partial charge is 0.383 e. The number of hydrogen-bond acceptors (Lipinski definition) is 4. The number of hydrogen-bond donors (Lipinski definition) is 2. The summed E-state index contributed by atoms with van der Waals surface area (Å²) >= 11 is 0. The number of nitrogen functional groups attached to an aromatic ring is 1. The van der Waals surface area contributed by atoms with E-state index >= 15 is 0 Å². The summed E-state index contributed by atoms with van der Waals surface area (Å²) in [6.45, 7) is 2.08. The van der Waals surface area contributed by atoms with E-state index in [2.05, 4.69) is 27.7 Å². The van der Waals surface area contributed by atoms with Crippen molar-refractivity contribution in [3.63, 3.8) is 0 Å². The maximum absolute atomic E-state index is 11.1. The smallest absolute Gasteiger partial charge is 0.220 e. The maximum atomic E-state index is 11.1.